The van der Waals surface area contributed by atoms with Crippen LogP contribution in [0.3, 0.4) is 0 Å². The Morgan fingerprint density at radius 2 is 2.19 bits per heavy atom. The van der Waals surface area contributed by atoms with Gasteiger partial charge in [0.1, 0.15) is 6.10 Å². The van der Waals surface area contributed by atoms with E-state index in [0.717, 1.165) is 57.5 Å². The van der Waals surface area contributed by atoms with E-state index in [9.17, 15) is 0 Å². The summed E-state index contributed by atoms with van der Waals surface area (Å²) in [4.78, 5) is 6.99. The van der Waals surface area contributed by atoms with Crippen molar-refractivity contribution in [3.63, 3.8) is 0 Å². The lowest BCUT2D eigenvalue weighted by molar-refractivity contribution is -0.0350. The number of hydrogen-bond acceptors (Lipinski definition) is 6. The molecule has 2 fully saturated rings. The monoisotopic (exact) mass is 294 g/mol. The second-order valence-corrected chi connectivity index (χ2v) is 6.10. The van der Waals surface area contributed by atoms with E-state index in [2.05, 4.69) is 27.3 Å². The van der Waals surface area contributed by atoms with Gasteiger partial charge in [-0.1, -0.05) is 12.1 Å². The van der Waals surface area contributed by atoms with Crippen LogP contribution < -0.4 is 5.32 Å². The van der Waals surface area contributed by atoms with Crippen LogP contribution >= 0.6 is 0 Å². The maximum absolute atomic E-state index is 5.81. The maximum atomic E-state index is 5.81. The standard InChI is InChI=1S/C15H26N4O2/c1-2-7-19-8-9-20-13(11-19)15-17-14(21-18-15)10-12-3-5-16-6-4-12/h12-13,16H,2-11H2,1H3. The fourth-order valence-corrected chi connectivity index (χ4v) is 3.19. The number of ether oxygens (including phenoxy) is 1. The van der Waals surface area contributed by atoms with Crippen molar-refractivity contribution in [2.75, 3.05) is 39.3 Å². The largest absolute Gasteiger partial charge is 0.367 e. The third-order valence-electron chi connectivity index (χ3n) is 4.38. The molecule has 21 heavy (non-hydrogen) atoms. The molecule has 3 heterocycles. The number of rotatable bonds is 5. The van der Waals surface area contributed by atoms with Gasteiger partial charge in [-0.15, -0.1) is 0 Å². The molecule has 2 aliphatic rings. The molecule has 1 unspecified atom stereocenters. The molecule has 0 amide bonds. The zero-order valence-electron chi connectivity index (χ0n) is 12.9. The van der Waals surface area contributed by atoms with Crippen LogP contribution in [0.1, 0.15) is 44.0 Å². The molecule has 1 N–H and O–H groups in total. The summed E-state index contributed by atoms with van der Waals surface area (Å²) < 4.78 is 11.2. The summed E-state index contributed by atoms with van der Waals surface area (Å²) in [5.41, 5.74) is 0. The predicted molar refractivity (Wildman–Crippen MR) is 79.0 cm³/mol. The Balaban J connectivity index is 1.56. The number of hydrogen-bond donors (Lipinski definition) is 1. The van der Waals surface area contributed by atoms with Crippen molar-refractivity contribution >= 4 is 0 Å². The second kappa shape index (κ2) is 7.33. The van der Waals surface area contributed by atoms with Crippen LogP contribution in [0.4, 0.5) is 0 Å². The number of nitrogens with zero attached hydrogens (tertiary/aromatic N) is 3. The van der Waals surface area contributed by atoms with Crippen molar-refractivity contribution in [2.45, 2.75) is 38.7 Å². The van der Waals surface area contributed by atoms with Gasteiger partial charge in [-0.25, -0.2) is 0 Å². The van der Waals surface area contributed by atoms with Gasteiger partial charge in [-0.3, -0.25) is 4.90 Å². The fraction of sp³-hybridized carbons (Fsp3) is 0.867. The molecule has 0 saturated carbocycles. The third kappa shape index (κ3) is 4.02. The van der Waals surface area contributed by atoms with E-state index in [4.69, 9.17) is 9.26 Å². The Morgan fingerprint density at radius 1 is 1.33 bits per heavy atom. The van der Waals surface area contributed by atoms with Gasteiger partial charge >= 0.3 is 0 Å². The minimum atomic E-state index is -0.0316. The van der Waals surface area contributed by atoms with Crippen LogP contribution in [0.5, 0.6) is 0 Å². The van der Waals surface area contributed by atoms with Crippen molar-refractivity contribution in [2.24, 2.45) is 5.92 Å². The smallest absolute Gasteiger partial charge is 0.227 e. The minimum absolute atomic E-state index is 0.0316. The summed E-state index contributed by atoms with van der Waals surface area (Å²) in [6, 6.07) is 0. The van der Waals surface area contributed by atoms with E-state index in [1.165, 1.54) is 19.3 Å². The number of morpholine rings is 1. The lowest BCUT2D eigenvalue weighted by Crippen LogP contribution is -2.39. The van der Waals surface area contributed by atoms with Gasteiger partial charge in [0, 0.05) is 19.5 Å². The Morgan fingerprint density at radius 3 is 3.00 bits per heavy atom. The molecule has 0 radical (unpaired) electrons. The summed E-state index contributed by atoms with van der Waals surface area (Å²) in [6.07, 6.45) is 4.43. The van der Waals surface area contributed by atoms with Crippen LogP contribution in [0.15, 0.2) is 4.52 Å². The van der Waals surface area contributed by atoms with E-state index in [0.29, 0.717) is 5.92 Å². The van der Waals surface area contributed by atoms with E-state index >= 15 is 0 Å². The molecule has 1 atom stereocenters. The van der Waals surface area contributed by atoms with Crippen LogP contribution in [0.2, 0.25) is 0 Å². The van der Waals surface area contributed by atoms with Crippen LogP contribution in [-0.2, 0) is 11.2 Å². The molecule has 6 heteroatoms. The summed E-state index contributed by atoms with van der Waals surface area (Å²) in [7, 11) is 0. The number of piperidine rings is 1. The number of aromatic nitrogens is 2. The van der Waals surface area contributed by atoms with Crippen molar-refractivity contribution in [1.29, 1.82) is 0 Å². The molecular formula is C15H26N4O2. The van der Waals surface area contributed by atoms with Crippen LogP contribution in [0, 0.1) is 5.92 Å². The van der Waals surface area contributed by atoms with Gasteiger partial charge in [0.25, 0.3) is 0 Å². The van der Waals surface area contributed by atoms with E-state index in [-0.39, 0.29) is 6.10 Å². The summed E-state index contributed by atoms with van der Waals surface area (Å²) >= 11 is 0. The van der Waals surface area contributed by atoms with Crippen LogP contribution in [0.25, 0.3) is 0 Å². The molecule has 2 aliphatic heterocycles. The first-order valence-corrected chi connectivity index (χ1v) is 8.22. The van der Waals surface area contributed by atoms with Gasteiger partial charge in [-0.05, 0) is 44.8 Å². The highest BCUT2D eigenvalue weighted by atomic mass is 16.5. The van der Waals surface area contributed by atoms with Gasteiger partial charge in [0.2, 0.25) is 11.7 Å². The van der Waals surface area contributed by atoms with Crippen molar-refractivity contribution in [3.05, 3.63) is 11.7 Å². The molecule has 6 nitrogen and oxygen atoms in total. The third-order valence-corrected chi connectivity index (χ3v) is 4.38. The minimum Gasteiger partial charge on any atom is -0.367 e. The first-order chi connectivity index (χ1) is 10.3. The van der Waals surface area contributed by atoms with Gasteiger partial charge < -0.3 is 14.6 Å². The Labute approximate surface area is 126 Å². The molecule has 3 rings (SSSR count). The van der Waals surface area contributed by atoms with Crippen LogP contribution in [-0.4, -0.2) is 54.4 Å². The SMILES string of the molecule is CCCN1CCOC(c2noc(CC3CCNCC3)n2)C1. The number of nitrogens with one attached hydrogen (secondary N) is 1. The van der Waals surface area contributed by atoms with E-state index in [1.54, 1.807) is 0 Å². The summed E-state index contributed by atoms with van der Waals surface area (Å²) in [6.45, 7) is 8.15. The fourth-order valence-electron chi connectivity index (χ4n) is 3.19. The van der Waals surface area contributed by atoms with Crippen molar-refractivity contribution in [3.8, 4) is 0 Å². The van der Waals surface area contributed by atoms with E-state index < -0.39 is 0 Å². The highest BCUT2D eigenvalue weighted by Gasteiger charge is 2.26. The molecule has 2 saturated heterocycles. The van der Waals surface area contributed by atoms with Gasteiger partial charge in [0.05, 0.1) is 6.61 Å². The van der Waals surface area contributed by atoms with Crippen molar-refractivity contribution < 1.29 is 9.26 Å². The average Bonchev–Trinajstić information content (AvgIpc) is 2.97. The molecule has 118 valence electrons. The lowest BCUT2D eigenvalue weighted by Gasteiger charge is -2.30. The first kappa shape index (κ1) is 14.9. The zero-order valence-corrected chi connectivity index (χ0v) is 12.9. The quantitative estimate of drug-likeness (QED) is 0.885. The molecule has 0 aliphatic carbocycles. The molecule has 0 bridgehead atoms. The normalized spacial score (nSPS) is 25.3. The molecule has 1 aromatic heterocycles. The molecule has 0 spiro atoms. The lowest BCUT2D eigenvalue weighted by atomic mass is 9.95. The Kier molecular flexibility index (Phi) is 5.22. The molecular weight excluding hydrogens is 268 g/mol. The zero-order chi connectivity index (χ0) is 14.5. The topological polar surface area (TPSA) is 63.4 Å². The van der Waals surface area contributed by atoms with Gasteiger partial charge in [0.15, 0.2) is 0 Å². The second-order valence-electron chi connectivity index (χ2n) is 6.10. The van der Waals surface area contributed by atoms with Crippen molar-refractivity contribution in [1.82, 2.24) is 20.4 Å². The predicted octanol–water partition coefficient (Wildman–Crippen LogP) is 1.39. The summed E-state index contributed by atoms with van der Waals surface area (Å²) in [5, 5.41) is 7.53. The first-order valence-electron chi connectivity index (χ1n) is 8.22. The van der Waals surface area contributed by atoms with Gasteiger partial charge in [-0.2, -0.15) is 4.98 Å². The highest BCUT2D eigenvalue weighted by molar-refractivity contribution is 4.95. The maximum Gasteiger partial charge on any atom is 0.227 e. The highest BCUT2D eigenvalue weighted by Crippen LogP contribution is 2.22. The Hall–Kier alpha value is -0.980. The molecule has 1 aromatic rings. The Bertz CT molecular complexity index is 429. The average molecular weight is 294 g/mol. The van der Waals surface area contributed by atoms with E-state index in [1.807, 2.05) is 0 Å². The molecule has 0 aromatic carbocycles. The summed E-state index contributed by atoms with van der Waals surface area (Å²) in [5.74, 6) is 2.16.